The second-order valence-electron chi connectivity index (χ2n) is 5.05. The molecule has 0 spiro atoms. The first-order valence-electron chi connectivity index (χ1n) is 6.54. The molecular weight excluding hydrogens is 188 g/mol. The first-order chi connectivity index (χ1) is 7.38. The lowest BCUT2D eigenvalue weighted by Gasteiger charge is -2.13. The lowest BCUT2D eigenvalue weighted by molar-refractivity contribution is -0.141. The molecule has 0 radical (unpaired) electrons. The molecule has 1 saturated carbocycles. The molecule has 1 saturated heterocycles. The van der Waals surface area contributed by atoms with Crippen LogP contribution in [0.4, 0.5) is 0 Å². The van der Waals surface area contributed by atoms with E-state index in [0.29, 0.717) is 12.5 Å². The van der Waals surface area contributed by atoms with Crippen LogP contribution in [0.25, 0.3) is 0 Å². The van der Waals surface area contributed by atoms with Gasteiger partial charge in [0, 0.05) is 5.92 Å². The van der Waals surface area contributed by atoms with Crippen LogP contribution >= 0.6 is 0 Å². The van der Waals surface area contributed by atoms with Crippen LogP contribution in [0, 0.1) is 11.8 Å². The standard InChI is InChI=1S/C13H22O2/c14-13-12-9-7-5-3-1-2-4-6-8-11(12)10-15-13/h11-12H,1-10H2/t11-,12+/m0/s1. The third-order valence-electron chi connectivity index (χ3n) is 3.90. The highest BCUT2D eigenvalue weighted by Gasteiger charge is 2.35. The molecular formula is C13H22O2. The average molecular weight is 210 g/mol. The number of hydrogen-bond donors (Lipinski definition) is 0. The number of esters is 1. The maximum Gasteiger partial charge on any atom is 0.309 e. The number of rotatable bonds is 0. The SMILES string of the molecule is O=C1OC[C@@H]2CCCCCCCCC[C@@H]12. The fraction of sp³-hybridized carbons (Fsp3) is 0.923. The highest BCUT2D eigenvalue weighted by atomic mass is 16.5. The molecule has 1 aliphatic heterocycles. The largest absolute Gasteiger partial charge is 0.465 e. The van der Waals surface area contributed by atoms with Gasteiger partial charge in [-0.3, -0.25) is 4.79 Å². The monoisotopic (exact) mass is 210 g/mol. The Kier molecular flexibility index (Phi) is 4.04. The summed E-state index contributed by atoms with van der Waals surface area (Å²) in [6.45, 7) is 0.698. The van der Waals surface area contributed by atoms with E-state index in [-0.39, 0.29) is 11.9 Å². The summed E-state index contributed by atoms with van der Waals surface area (Å²) in [5.41, 5.74) is 0. The van der Waals surface area contributed by atoms with Crippen molar-refractivity contribution in [3.63, 3.8) is 0 Å². The van der Waals surface area contributed by atoms with Crippen molar-refractivity contribution in [2.45, 2.75) is 57.8 Å². The predicted molar refractivity (Wildman–Crippen MR) is 59.5 cm³/mol. The van der Waals surface area contributed by atoms with E-state index < -0.39 is 0 Å². The van der Waals surface area contributed by atoms with Crippen molar-refractivity contribution in [3.05, 3.63) is 0 Å². The summed E-state index contributed by atoms with van der Waals surface area (Å²) < 4.78 is 5.18. The Labute approximate surface area is 92.4 Å². The van der Waals surface area contributed by atoms with E-state index in [4.69, 9.17) is 4.74 Å². The van der Waals surface area contributed by atoms with Crippen molar-refractivity contribution >= 4 is 5.97 Å². The minimum atomic E-state index is 0.0826. The number of carbonyl (C=O) groups excluding carboxylic acids is 1. The van der Waals surface area contributed by atoms with Gasteiger partial charge in [-0.1, -0.05) is 44.9 Å². The van der Waals surface area contributed by atoms with Crippen LogP contribution in [-0.4, -0.2) is 12.6 Å². The third kappa shape index (κ3) is 2.96. The zero-order valence-electron chi connectivity index (χ0n) is 9.54. The van der Waals surface area contributed by atoms with Gasteiger partial charge in [0.05, 0.1) is 12.5 Å². The van der Waals surface area contributed by atoms with E-state index in [9.17, 15) is 4.79 Å². The third-order valence-corrected chi connectivity index (χ3v) is 3.90. The number of cyclic esters (lactones) is 1. The fourth-order valence-electron chi connectivity index (χ4n) is 2.90. The van der Waals surface area contributed by atoms with E-state index in [1.807, 2.05) is 0 Å². The molecule has 86 valence electrons. The quantitative estimate of drug-likeness (QED) is 0.573. The van der Waals surface area contributed by atoms with Crippen molar-refractivity contribution in [2.75, 3.05) is 6.61 Å². The van der Waals surface area contributed by atoms with E-state index in [1.165, 1.54) is 51.4 Å². The van der Waals surface area contributed by atoms with Gasteiger partial charge in [0.1, 0.15) is 0 Å². The Morgan fingerprint density at radius 1 is 0.867 bits per heavy atom. The first kappa shape index (κ1) is 11.0. The zero-order chi connectivity index (χ0) is 10.5. The molecule has 0 aromatic heterocycles. The molecule has 0 N–H and O–H groups in total. The molecule has 2 aliphatic rings. The van der Waals surface area contributed by atoms with Crippen LogP contribution in [0.3, 0.4) is 0 Å². The Morgan fingerprint density at radius 2 is 1.47 bits per heavy atom. The van der Waals surface area contributed by atoms with Crippen LogP contribution in [0.5, 0.6) is 0 Å². The second kappa shape index (κ2) is 5.53. The molecule has 0 bridgehead atoms. The topological polar surface area (TPSA) is 26.3 Å². The Bertz CT molecular complexity index is 213. The van der Waals surface area contributed by atoms with Crippen LogP contribution in [0.15, 0.2) is 0 Å². The van der Waals surface area contributed by atoms with E-state index in [0.717, 1.165) is 6.42 Å². The lowest BCUT2D eigenvalue weighted by atomic mass is 9.87. The molecule has 1 aliphatic carbocycles. The molecule has 0 aromatic rings. The van der Waals surface area contributed by atoms with Crippen molar-refractivity contribution in [3.8, 4) is 0 Å². The normalized spacial score (nSPS) is 34.0. The molecule has 2 rings (SSSR count). The Morgan fingerprint density at radius 3 is 2.20 bits per heavy atom. The van der Waals surface area contributed by atoms with Crippen LogP contribution in [-0.2, 0) is 9.53 Å². The summed E-state index contributed by atoms with van der Waals surface area (Å²) in [5.74, 6) is 0.859. The number of carbonyl (C=O) groups is 1. The number of hydrogen-bond acceptors (Lipinski definition) is 2. The van der Waals surface area contributed by atoms with Crippen molar-refractivity contribution in [1.29, 1.82) is 0 Å². The van der Waals surface area contributed by atoms with Crippen LogP contribution < -0.4 is 0 Å². The predicted octanol–water partition coefficient (Wildman–Crippen LogP) is 3.30. The van der Waals surface area contributed by atoms with Gasteiger partial charge < -0.3 is 4.74 Å². The van der Waals surface area contributed by atoms with Gasteiger partial charge in [-0.25, -0.2) is 0 Å². The fourth-order valence-corrected chi connectivity index (χ4v) is 2.90. The first-order valence-corrected chi connectivity index (χ1v) is 6.54. The Balaban J connectivity index is 1.89. The highest BCUT2D eigenvalue weighted by molar-refractivity contribution is 5.74. The van der Waals surface area contributed by atoms with Crippen LogP contribution in [0.1, 0.15) is 57.8 Å². The van der Waals surface area contributed by atoms with E-state index in [2.05, 4.69) is 0 Å². The minimum absolute atomic E-state index is 0.0826. The molecule has 2 fully saturated rings. The van der Waals surface area contributed by atoms with Gasteiger partial charge in [0.25, 0.3) is 0 Å². The van der Waals surface area contributed by atoms with Crippen molar-refractivity contribution < 1.29 is 9.53 Å². The maximum atomic E-state index is 11.5. The van der Waals surface area contributed by atoms with Gasteiger partial charge in [-0.05, 0) is 12.8 Å². The maximum absolute atomic E-state index is 11.5. The summed E-state index contributed by atoms with van der Waals surface area (Å²) in [7, 11) is 0. The summed E-state index contributed by atoms with van der Waals surface area (Å²) in [4.78, 5) is 11.5. The number of fused-ring (bicyclic) bond motifs is 1. The van der Waals surface area contributed by atoms with E-state index >= 15 is 0 Å². The molecule has 15 heavy (non-hydrogen) atoms. The smallest absolute Gasteiger partial charge is 0.309 e. The zero-order valence-corrected chi connectivity index (χ0v) is 9.54. The van der Waals surface area contributed by atoms with E-state index in [1.54, 1.807) is 0 Å². The molecule has 1 heterocycles. The molecule has 0 amide bonds. The summed E-state index contributed by atoms with van der Waals surface area (Å²) >= 11 is 0. The van der Waals surface area contributed by atoms with Gasteiger partial charge in [-0.2, -0.15) is 0 Å². The molecule has 2 atom stereocenters. The summed E-state index contributed by atoms with van der Waals surface area (Å²) in [5, 5.41) is 0. The highest BCUT2D eigenvalue weighted by Crippen LogP contribution is 2.32. The molecule has 2 nitrogen and oxygen atoms in total. The second-order valence-corrected chi connectivity index (χ2v) is 5.05. The van der Waals surface area contributed by atoms with Gasteiger partial charge >= 0.3 is 5.97 Å². The summed E-state index contributed by atoms with van der Waals surface area (Å²) in [6, 6.07) is 0. The van der Waals surface area contributed by atoms with Gasteiger partial charge in [0.2, 0.25) is 0 Å². The lowest BCUT2D eigenvalue weighted by Crippen LogP contribution is -2.15. The van der Waals surface area contributed by atoms with Gasteiger partial charge in [-0.15, -0.1) is 0 Å². The molecule has 0 aromatic carbocycles. The van der Waals surface area contributed by atoms with Crippen molar-refractivity contribution in [2.24, 2.45) is 11.8 Å². The molecule has 2 heteroatoms. The minimum Gasteiger partial charge on any atom is -0.465 e. The summed E-state index contributed by atoms with van der Waals surface area (Å²) in [6.07, 6.45) is 11.6. The van der Waals surface area contributed by atoms with Gasteiger partial charge in [0.15, 0.2) is 0 Å². The average Bonchev–Trinajstić information content (AvgIpc) is 2.56. The Hall–Kier alpha value is -0.530. The number of ether oxygens (including phenoxy) is 1. The van der Waals surface area contributed by atoms with Crippen molar-refractivity contribution in [1.82, 2.24) is 0 Å². The van der Waals surface area contributed by atoms with Crippen LogP contribution in [0.2, 0.25) is 0 Å². The molecule has 0 unspecified atom stereocenters.